The number of rotatable bonds is 8. The topological polar surface area (TPSA) is 61.8 Å². The van der Waals surface area contributed by atoms with Gasteiger partial charge in [-0.1, -0.05) is 77.9 Å². The molecule has 2 unspecified atom stereocenters. The van der Waals surface area contributed by atoms with Gasteiger partial charge in [-0.15, -0.1) is 0 Å². The summed E-state index contributed by atoms with van der Waals surface area (Å²) in [7, 11) is 0. The van der Waals surface area contributed by atoms with E-state index in [0.717, 1.165) is 12.8 Å². The van der Waals surface area contributed by atoms with Crippen molar-refractivity contribution in [1.29, 1.82) is 0 Å². The predicted octanol–water partition coefficient (Wildman–Crippen LogP) is 6.53. The van der Waals surface area contributed by atoms with E-state index in [2.05, 4.69) is 41.5 Å². The van der Waals surface area contributed by atoms with Gasteiger partial charge in [0.2, 0.25) is 6.29 Å². The van der Waals surface area contributed by atoms with Crippen LogP contribution in [0.5, 0.6) is 0 Å². The van der Waals surface area contributed by atoms with Crippen molar-refractivity contribution in [2.45, 2.75) is 72.4 Å². The van der Waals surface area contributed by atoms with Crippen LogP contribution in [0.3, 0.4) is 0 Å². The van der Waals surface area contributed by atoms with E-state index in [-0.39, 0.29) is 11.8 Å². The molecule has 184 valence electrons. The molecule has 5 nitrogen and oxygen atoms in total. The molecule has 34 heavy (non-hydrogen) atoms. The number of carbonyl (C=O) groups is 2. The Bertz CT molecular complexity index is 928. The van der Waals surface area contributed by atoms with E-state index in [1.807, 2.05) is 12.1 Å². The Labute approximate surface area is 203 Å². The van der Waals surface area contributed by atoms with Crippen LogP contribution in [0.4, 0.5) is 0 Å². The van der Waals surface area contributed by atoms with Gasteiger partial charge in [0, 0.05) is 5.92 Å². The van der Waals surface area contributed by atoms with Crippen LogP contribution in [-0.4, -0.2) is 29.9 Å². The van der Waals surface area contributed by atoms with Gasteiger partial charge in [-0.3, -0.25) is 0 Å². The Hall–Kier alpha value is -2.66. The fraction of sp³-hybridized carbons (Fsp3) is 0.517. The second-order valence-corrected chi connectivity index (χ2v) is 10.4. The number of hydrogen-bond donors (Lipinski definition) is 0. The van der Waals surface area contributed by atoms with Gasteiger partial charge >= 0.3 is 11.9 Å². The Morgan fingerprint density at radius 2 is 1.24 bits per heavy atom. The molecular formula is C29H38O5. The Morgan fingerprint density at radius 3 is 1.68 bits per heavy atom. The van der Waals surface area contributed by atoms with Crippen LogP contribution in [0.2, 0.25) is 0 Å². The second kappa shape index (κ2) is 11.2. The molecular weight excluding hydrogens is 428 g/mol. The molecule has 3 rings (SSSR count). The lowest BCUT2D eigenvalue weighted by atomic mass is 9.68. The van der Waals surface area contributed by atoms with E-state index >= 15 is 0 Å². The maximum absolute atomic E-state index is 13.0. The lowest BCUT2D eigenvalue weighted by Gasteiger charge is -2.52. The molecule has 0 N–H and O–H groups in total. The molecule has 1 saturated heterocycles. The molecule has 0 amide bonds. The highest BCUT2D eigenvalue weighted by molar-refractivity contribution is 5.90. The third-order valence-electron chi connectivity index (χ3n) is 6.75. The van der Waals surface area contributed by atoms with E-state index in [0.29, 0.717) is 23.0 Å². The van der Waals surface area contributed by atoms with Crippen molar-refractivity contribution < 1.29 is 23.8 Å². The van der Waals surface area contributed by atoms with Gasteiger partial charge in [-0.05, 0) is 54.9 Å². The SMILES string of the molecule is CC(C)CC1(CC(C)C)OC(OC(=O)c2ccccc2)C(OC(=O)c2ccccc2)[C@H](C)[C@H]1C. The second-order valence-electron chi connectivity index (χ2n) is 10.4. The number of benzene rings is 2. The number of ether oxygens (including phenoxy) is 3. The normalized spacial score (nSPS) is 24.1. The smallest absolute Gasteiger partial charge is 0.340 e. The summed E-state index contributed by atoms with van der Waals surface area (Å²) in [6, 6.07) is 17.7. The number of carbonyl (C=O) groups excluding carboxylic acids is 2. The fourth-order valence-electron chi connectivity index (χ4n) is 5.12. The average Bonchev–Trinajstić information content (AvgIpc) is 2.80. The van der Waals surface area contributed by atoms with Crippen molar-refractivity contribution in [3.63, 3.8) is 0 Å². The minimum Gasteiger partial charge on any atom is -0.452 e. The van der Waals surface area contributed by atoms with Gasteiger partial charge in [-0.2, -0.15) is 0 Å². The summed E-state index contributed by atoms with van der Waals surface area (Å²) < 4.78 is 18.6. The Balaban J connectivity index is 1.95. The first-order valence-electron chi connectivity index (χ1n) is 12.3. The summed E-state index contributed by atoms with van der Waals surface area (Å²) in [4.78, 5) is 26.0. The third-order valence-corrected chi connectivity index (χ3v) is 6.75. The van der Waals surface area contributed by atoms with E-state index in [1.165, 1.54) is 0 Å². The largest absolute Gasteiger partial charge is 0.452 e. The molecule has 4 atom stereocenters. The number of hydrogen-bond acceptors (Lipinski definition) is 5. The molecule has 0 aromatic heterocycles. The molecule has 1 heterocycles. The lowest BCUT2D eigenvalue weighted by Crippen LogP contribution is -2.60. The van der Waals surface area contributed by atoms with E-state index in [4.69, 9.17) is 14.2 Å². The lowest BCUT2D eigenvalue weighted by molar-refractivity contribution is -0.296. The molecule has 2 aromatic carbocycles. The molecule has 2 aromatic rings. The van der Waals surface area contributed by atoms with E-state index in [9.17, 15) is 9.59 Å². The van der Waals surface area contributed by atoms with Crippen LogP contribution in [0.15, 0.2) is 60.7 Å². The fourth-order valence-corrected chi connectivity index (χ4v) is 5.12. The summed E-state index contributed by atoms with van der Waals surface area (Å²) >= 11 is 0. The quantitative estimate of drug-likeness (QED) is 0.414. The van der Waals surface area contributed by atoms with Gasteiger partial charge in [0.05, 0.1) is 16.7 Å². The van der Waals surface area contributed by atoms with Crippen LogP contribution in [0, 0.1) is 23.7 Å². The third kappa shape index (κ3) is 6.06. The van der Waals surface area contributed by atoms with Crippen molar-refractivity contribution in [2.75, 3.05) is 0 Å². The molecule has 0 saturated carbocycles. The molecule has 1 fully saturated rings. The maximum Gasteiger partial charge on any atom is 0.340 e. The average molecular weight is 467 g/mol. The van der Waals surface area contributed by atoms with Crippen LogP contribution in [0.25, 0.3) is 0 Å². The zero-order valence-corrected chi connectivity index (χ0v) is 21.2. The first-order chi connectivity index (χ1) is 16.1. The maximum atomic E-state index is 13.0. The van der Waals surface area contributed by atoms with Crippen molar-refractivity contribution in [3.05, 3.63) is 71.8 Å². The van der Waals surface area contributed by atoms with E-state index in [1.54, 1.807) is 48.5 Å². The van der Waals surface area contributed by atoms with E-state index < -0.39 is 29.9 Å². The van der Waals surface area contributed by atoms with Gasteiger partial charge in [0.25, 0.3) is 0 Å². The highest BCUT2D eigenvalue weighted by Gasteiger charge is 2.54. The predicted molar refractivity (Wildman–Crippen MR) is 132 cm³/mol. The van der Waals surface area contributed by atoms with Gasteiger partial charge in [0.1, 0.15) is 0 Å². The first-order valence-corrected chi connectivity index (χ1v) is 12.3. The minimum atomic E-state index is -0.996. The highest BCUT2D eigenvalue weighted by Crippen LogP contribution is 2.47. The van der Waals surface area contributed by atoms with Gasteiger partial charge < -0.3 is 14.2 Å². The highest BCUT2D eigenvalue weighted by atomic mass is 16.7. The Kier molecular flexibility index (Phi) is 8.53. The molecule has 5 heteroatoms. The van der Waals surface area contributed by atoms with Gasteiger partial charge in [0.15, 0.2) is 6.10 Å². The Morgan fingerprint density at radius 1 is 0.794 bits per heavy atom. The molecule has 0 radical (unpaired) electrons. The summed E-state index contributed by atoms with van der Waals surface area (Å²) in [5.74, 6) is -0.139. The summed E-state index contributed by atoms with van der Waals surface area (Å²) in [5, 5.41) is 0. The number of esters is 2. The molecule has 0 aliphatic carbocycles. The summed E-state index contributed by atoms with van der Waals surface area (Å²) in [5.41, 5.74) is 0.402. The molecule has 0 bridgehead atoms. The minimum absolute atomic E-state index is 0.0764. The zero-order chi connectivity index (χ0) is 24.9. The van der Waals surface area contributed by atoms with Crippen LogP contribution >= 0.6 is 0 Å². The van der Waals surface area contributed by atoms with Gasteiger partial charge in [-0.25, -0.2) is 9.59 Å². The standard InChI is InChI=1S/C29H38O5/c1-19(2)17-29(18-20(3)4)22(6)21(5)25(32-26(30)23-13-9-7-10-14-23)28(34-29)33-27(31)24-15-11-8-12-16-24/h7-16,19-22,25,28H,17-18H2,1-6H3/t21-,22-,25?,28?/m1/s1. The van der Waals surface area contributed by atoms with Crippen LogP contribution < -0.4 is 0 Å². The van der Waals surface area contributed by atoms with Crippen molar-refractivity contribution in [2.24, 2.45) is 23.7 Å². The zero-order valence-electron chi connectivity index (χ0n) is 21.2. The monoisotopic (exact) mass is 466 g/mol. The molecule has 1 aliphatic rings. The van der Waals surface area contributed by atoms with Crippen LogP contribution in [-0.2, 0) is 14.2 Å². The molecule has 1 aliphatic heterocycles. The van der Waals surface area contributed by atoms with Crippen molar-refractivity contribution in [1.82, 2.24) is 0 Å². The van der Waals surface area contributed by atoms with Crippen molar-refractivity contribution >= 4 is 11.9 Å². The summed E-state index contributed by atoms with van der Waals surface area (Å²) in [6.07, 6.45) is -0.0583. The van der Waals surface area contributed by atoms with Crippen LogP contribution in [0.1, 0.15) is 75.1 Å². The first kappa shape index (κ1) is 26.0. The van der Waals surface area contributed by atoms with Crippen molar-refractivity contribution in [3.8, 4) is 0 Å². The summed E-state index contributed by atoms with van der Waals surface area (Å²) in [6.45, 7) is 12.9. The molecule has 0 spiro atoms.